The fraction of sp³-hybridized carbons (Fsp3) is 0.250. The molecule has 0 atom stereocenters. The van der Waals surface area contributed by atoms with Gasteiger partial charge in [-0.1, -0.05) is 12.1 Å². The molecule has 20 heavy (non-hydrogen) atoms. The molecule has 3 nitrogen and oxygen atoms in total. The minimum absolute atomic E-state index is 0.669. The summed E-state index contributed by atoms with van der Waals surface area (Å²) in [6, 6.07) is 11.9. The summed E-state index contributed by atoms with van der Waals surface area (Å²) in [5, 5.41) is 3.41. The van der Waals surface area contributed by atoms with Crippen molar-refractivity contribution in [1.82, 2.24) is 0 Å². The lowest BCUT2D eigenvalue weighted by Gasteiger charge is -2.13. The van der Waals surface area contributed by atoms with Gasteiger partial charge in [-0.25, -0.2) is 0 Å². The molecule has 0 aliphatic carbocycles. The summed E-state index contributed by atoms with van der Waals surface area (Å²) in [5.74, 6) is 1.67. The number of nitrogens with one attached hydrogen (secondary N) is 1. The zero-order valence-electron chi connectivity index (χ0n) is 11.9. The number of hydrogen-bond acceptors (Lipinski definition) is 3. The average molecular weight is 336 g/mol. The molecule has 0 spiro atoms. The molecular weight excluding hydrogens is 318 g/mol. The van der Waals surface area contributed by atoms with Crippen LogP contribution >= 0.6 is 15.9 Å². The van der Waals surface area contributed by atoms with Crippen LogP contribution in [0.1, 0.15) is 11.1 Å². The van der Waals surface area contributed by atoms with Gasteiger partial charge in [0.05, 0.1) is 14.2 Å². The fourth-order valence-electron chi connectivity index (χ4n) is 1.99. The Hall–Kier alpha value is -1.68. The van der Waals surface area contributed by atoms with Gasteiger partial charge in [-0.15, -0.1) is 0 Å². The maximum atomic E-state index is 5.38. The van der Waals surface area contributed by atoms with Gasteiger partial charge in [-0.2, -0.15) is 0 Å². The summed E-state index contributed by atoms with van der Waals surface area (Å²) < 4.78 is 11.7. The van der Waals surface area contributed by atoms with Gasteiger partial charge in [-0.3, -0.25) is 0 Å². The van der Waals surface area contributed by atoms with Crippen LogP contribution in [-0.2, 0) is 6.54 Å². The van der Waals surface area contributed by atoms with E-state index in [1.807, 2.05) is 30.3 Å². The molecule has 0 aliphatic heterocycles. The zero-order valence-corrected chi connectivity index (χ0v) is 13.5. The van der Waals surface area contributed by atoms with E-state index in [2.05, 4.69) is 34.2 Å². The molecule has 4 heteroatoms. The van der Waals surface area contributed by atoms with Gasteiger partial charge in [0.2, 0.25) is 0 Å². The van der Waals surface area contributed by atoms with Crippen molar-refractivity contribution in [2.24, 2.45) is 0 Å². The first kappa shape index (κ1) is 14.7. The Kier molecular flexibility index (Phi) is 4.90. The number of anilines is 1. The van der Waals surface area contributed by atoms with E-state index in [-0.39, 0.29) is 0 Å². The smallest absolute Gasteiger partial charge is 0.124 e. The van der Waals surface area contributed by atoms with E-state index >= 15 is 0 Å². The Morgan fingerprint density at radius 1 is 1.10 bits per heavy atom. The highest BCUT2D eigenvalue weighted by atomic mass is 79.9. The molecule has 0 unspecified atom stereocenters. The quantitative estimate of drug-likeness (QED) is 0.879. The third-order valence-electron chi connectivity index (χ3n) is 3.15. The van der Waals surface area contributed by atoms with Crippen molar-refractivity contribution in [2.75, 3.05) is 19.5 Å². The molecule has 0 aliphatic rings. The molecular formula is C16H18BrNO2. The van der Waals surface area contributed by atoms with Crippen LogP contribution in [0, 0.1) is 6.92 Å². The van der Waals surface area contributed by atoms with Gasteiger partial charge in [0.25, 0.3) is 0 Å². The number of hydrogen-bond donors (Lipinski definition) is 1. The molecule has 0 saturated heterocycles. The van der Waals surface area contributed by atoms with Crippen LogP contribution in [-0.4, -0.2) is 14.2 Å². The lowest BCUT2D eigenvalue weighted by Crippen LogP contribution is -2.03. The first-order valence-corrected chi connectivity index (χ1v) is 7.15. The van der Waals surface area contributed by atoms with Gasteiger partial charge in [0.1, 0.15) is 11.5 Å². The monoisotopic (exact) mass is 335 g/mol. The summed E-state index contributed by atoms with van der Waals surface area (Å²) in [5.41, 5.74) is 3.32. The minimum atomic E-state index is 0.669. The molecule has 1 N–H and O–H groups in total. The van der Waals surface area contributed by atoms with Crippen molar-refractivity contribution < 1.29 is 9.47 Å². The number of aryl methyl sites for hydroxylation is 1. The van der Waals surface area contributed by atoms with Crippen molar-refractivity contribution >= 4 is 21.6 Å². The SMILES string of the molecule is COc1ccc(OC)c(CNc2cccc(C)c2Br)c1. The highest BCUT2D eigenvalue weighted by Crippen LogP contribution is 2.28. The molecule has 2 aromatic rings. The molecule has 0 amide bonds. The molecule has 2 aromatic carbocycles. The third kappa shape index (κ3) is 3.25. The van der Waals surface area contributed by atoms with Crippen LogP contribution in [0.5, 0.6) is 11.5 Å². The molecule has 0 saturated carbocycles. The van der Waals surface area contributed by atoms with Gasteiger partial charge < -0.3 is 14.8 Å². The summed E-state index contributed by atoms with van der Waals surface area (Å²) in [6.45, 7) is 2.74. The third-order valence-corrected chi connectivity index (χ3v) is 4.20. The van der Waals surface area contributed by atoms with E-state index in [4.69, 9.17) is 9.47 Å². The number of methoxy groups -OCH3 is 2. The summed E-state index contributed by atoms with van der Waals surface area (Å²) in [4.78, 5) is 0. The van der Waals surface area contributed by atoms with Crippen molar-refractivity contribution in [3.63, 3.8) is 0 Å². The average Bonchev–Trinajstić information content (AvgIpc) is 2.48. The van der Waals surface area contributed by atoms with E-state index in [9.17, 15) is 0 Å². The Labute approximate surface area is 128 Å². The van der Waals surface area contributed by atoms with Gasteiger partial charge in [0, 0.05) is 22.3 Å². The number of ether oxygens (including phenoxy) is 2. The van der Waals surface area contributed by atoms with Crippen LogP contribution < -0.4 is 14.8 Å². The van der Waals surface area contributed by atoms with E-state index in [1.165, 1.54) is 5.56 Å². The second-order valence-electron chi connectivity index (χ2n) is 4.47. The van der Waals surface area contributed by atoms with E-state index in [1.54, 1.807) is 14.2 Å². The van der Waals surface area contributed by atoms with Crippen molar-refractivity contribution in [2.45, 2.75) is 13.5 Å². The van der Waals surface area contributed by atoms with Crippen molar-refractivity contribution in [3.8, 4) is 11.5 Å². The first-order chi connectivity index (χ1) is 9.65. The molecule has 0 fully saturated rings. The Balaban J connectivity index is 2.19. The summed E-state index contributed by atoms with van der Waals surface area (Å²) >= 11 is 3.60. The molecule has 2 rings (SSSR count). The van der Waals surface area contributed by atoms with Gasteiger partial charge >= 0.3 is 0 Å². The van der Waals surface area contributed by atoms with Gasteiger partial charge in [0.15, 0.2) is 0 Å². The number of benzene rings is 2. The van der Waals surface area contributed by atoms with E-state index in [0.717, 1.165) is 27.2 Å². The van der Waals surface area contributed by atoms with Crippen LogP contribution in [0.4, 0.5) is 5.69 Å². The van der Waals surface area contributed by atoms with Crippen LogP contribution in [0.2, 0.25) is 0 Å². The van der Waals surface area contributed by atoms with Crippen LogP contribution in [0.15, 0.2) is 40.9 Å². The lowest BCUT2D eigenvalue weighted by atomic mass is 10.1. The Morgan fingerprint density at radius 2 is 1.90 bits per heavy atom. The van der Waals surface area contributed by atoms with E-state index < -0.39 is 0 Å². The molecule has 0 radical (unpaired) electrons. The normalized spacial score (nSPS) is 10.2. The molecule has 0 heterocycles. The Bertz CT molecular complexity index is 599. The highest BCUT2D eigenvalue weighted by Gasteiger charge is 2.07. The summed E-state index contributed by atoms with van der Waals surface area (Å²) in [6.07, 6.45) is 0. The predicted octanol–water partition coefficient (Wildman–Crippen LogP) is 4.39. The second-order valence-corrected chi connectivity index (χ2v) is 5.26. The standard InChI is InChI=1S/C16H18BrNO2/c1-11-5-4-6-14(16(11)17)18-10-12-9-13(19-2)7-8-15(12)20-3/h4-9,18H,10H2,1-3H3. The van der Waals surface area contributed by atoms with E-state index in [0.29, 0.717) is 6.54 Å². The summed E-state index contributed by atoms with van der Waals surface area (Å²) in [7, 11) is 3.34. The molecule has 0 aromatic heterocycles. The fourth-order valence-corrected chi connectivity index (χ4v) is 2.40. The number of rotatable bonds is 5. The Morgan fingerprint density at radius 3 is 2.60 bits per heavy atom. The van der Waals surface area contributed by atoms with Crippen LogP contribution in [0.25, 0.3) is 0 Å². The molecule has 106 valence electrons. The predicted molar refractivity (Wildman–Crippen MR) is 85.8 cm³/mol. The topological polar surface area (TPSA) is 30.5 Å². The zero-order chi connectivity index (χ0) is 14.5. The first-order valence-electron chi connectivity index (χ1n) is 6.35. The largest absolute Gasteiger partial charge is 0.497 e. The maximum Gasteiger partial charge on any atom is 0.124 e. The van der Waals surface area contributed by atoms with Crippen molar-refractivity contribution in [1.29, 1.82) is 0 Å². The van der Waals surface area contributed by atoms with Gasteiger partial charge in [-0.05, 0) is 52.7 Å². The van der Waals surface area contributed by atoms with Crippen LogP contribution in [0.3, 0.4) is 0 Å². The van der Waals surface area contributed by atoms with Crippen molar-refractivity contribution in [3.05, 3.63) is 52.0 Å². The lowest BCUT2D eigenvalue weighted by molar-refractivity contribution is 0.399. The number of halogens is 1. The minimum Gasteiger partial charge on any atom is -0.497 e. The second kappa shape index (κ2) is 6.66. The molecule has 0 bridgehead atoms. The highest BCUT2D eigenvalue weighted by molar-refractivity contribution is 9.10. The maximum absolute atomic E-state index is 5.38.